The van der Waals surface area contributed by atoms with Crippen molar-refractivity contribution in [2.24, 2.45) is 5.41 Å². The van der Waals surface area contributed by atoms with Gasteiger partial charge in [0, 0.05) is 37.9 Å². The summed E-state index contributed by atoms with van der Waals surface area (Å²) < 4.78 is 17.0. The van der Waals surface area contributed by atoms with Gasteiger partial charge in [0.05, 0.1) is 19.8 Å². The number of carbonyl (C=O) groups is 1. The molecule has 3 rings (SSSR count). The van der Waals surface area contributed by atoms with Crippen LogP contribution in [0.4, 0.5) is 0 Å². The second kappa shape index (κ2) is 7.49. The summed E-state index contributed by atoms with van der Waals surface area (Å²) >= 11 is 0. The van der Waals surface area contributed by atoms with Crippen LogP contribution in [0.1, 0.15) is 36.5 Å². The molecule has 132 valence electrons. The van der Waals surface area contributed by atoms with Crippen molar-refractivity contribution in [1.82, 2.24) is 9.88 Å². The predicted octanol–water partition coefficient (Wildman–Crippen LogP) is 2.14. The minimum Gasteiger partial charge on any atom is -0.480 e. The lowest BCUT2D eigenvalue weighted by atomic mass is 9.73. The number of hydrogen-bond donors (Lipinski definition) is 0. The van der Waals surface area contributed by atoms with Crippen LogP contribution in [0.15, 0.2) is 18.3 Å². The number of aromatic nitrogens is 1. The summed E-state index contributed by atoms with van der Waals surface area (Å²) in [6, 6.07) is 3.54. The van der Waals surface area contributed by atoms with Crippen molar-refractivity contribution in [2.75, 3.05) is 40.0 Å². The minimum atomic E-state index is -0.0996. The van der Waals surface area contributed by atoms with Crippen LogP contribution in [-0.2, 0) is 9.47 Å². The Morgan fingerprint density at radius 1 is 1.54 bits per heavy atom. The van der Waals surface area contributed by atoms with E-state index in [9.17, 15) is 4.79 Å². The van der Waals surface area contributed by atoms with Crippen molar-refractivity contribution in [3.05, 3.63) is 23.9 Å². The Labute approximate surface area is 143 Å². The number of amides is 1. The van der Waals surface area contributed by atoms with E-state index in [4.69, 9.17) is 14.2 Å². The zero-order chi connectivity index (χ0) is 17.0. The first kappa shape index (κ1) is 17.2. The predicted molar refractivity (Wildman–Crippen MR) is 89.2 cm³/mol. The Bertz CT molecular complexity index is 580. The van der Waals surface area contributed by atoms with E-state index in [0.29, 0.717) is 37.7 Å². The largest absolute Gasteiger partial charge is 0.480 e. The molecule has 24 heavy (non-hydrogen) atoms. The molecule has 1 amide bonds. The zero-order valence-electron chi connectivity index (χ0n) is 14.5. The Balaban J connectivity index is 1.80. The van der Waals surface area contributed by atoms with Gasteiger partial charge in [-0.2, -0.15) is 0 Å². The molecule has 2 aliphatic rings. The Hall–Kier alpha value is -1.66. The summed E-state index contributed by atoms with van der Waals surface area (Å²) in [6.07, 6.45) is 4.71. The number of pyridine rings is 1. The molecule has 2 aliphatic heterocycles. The standard InChI is InChI=1S/C18H26N2O4/c1-3-23-13-18-8-5-11-24-15(18)7-10-20(12-18)17(21)14-6-4-9-19-16(14)22-2/h4,6,9,15H,3,5,7-8,10-13H2,1-2H3/t15-,18+/m0/s1. The summed E-state index contributed by atoms with van der Waals surface area (Å²) in [5.41, 5.74) is 0.416. The molecule has 0 radical (unpaired) electrons. The molecule has 0 aliphatic carbocycles. The summed E-state index contributed by atoms with van der Waals surface area (Å²) in [5, 5.41) is 0. The van der Waals surface area contributed by atoms with E-state index < -0.39 is 0 Å². The molecule has 6 nitrogen and oxygen atoms in total. The van der Waals surface area contributed by atoms with E-state index in [1.54, 1.807) is 18.3 Å². The van der Waals surface area contributed by atoms with Crippen molar-refractivity contribution >= 4 is 5.91 Å². The minimum absolute atomic E-state index is 0.0279. The van der Waals surface area contributed by atoms with Gasteiger partial charge >= 0.3 is 0 Å². The van der Waals surface area contributed by atoms with Gasteiger partial charge in [0.25, 0.3) is 5.91 Å². The van der Waals surface area contributed by atoms with E-state index in [-0.39, 0.29) is 17.4 Å². The van der Waals surface area contributed by atoms with Crippen LogP contribution < -0.4 is 4.74 Å². The highest BCUT2D eigenvalue weighted by molar-refractivity contribution is 5.96. The molecule has 1 aromatic heterocycles. The van der Waals surface area contributed by atoms with Gasteiger partial charge in [0.2, 0.25) is 5.88 Å². The molecule has 0 unspecified atom stereocenters. The van der Waals surface area contributed by atoms with Crippen molar-refractivity contribution in [2.45, 2.75) is 32.3 Å². The fourth-order valence-electron chi connectivity index (χ4n) is 3.87. The molecule has 0 N–H and O–H groups in total. The lowest BCUT2D eigenvalue weighted by Gasteiger charge is -2.50. The molecule has 3 heterocycles. The second-order valence-electron chi connectivity index (χ2n) is 6.54. The molecule has 1 aromatic rings. The van der Waals surface area contributed by atoms with E-state index in [1.807, 2.05) is 11.8 Å². The molecule has 0 aromatic carbocycles. The van der Waals surface area contributed by atoms with Gasteiger partial charge in [-0.15, -0.1) is 0 Å². The van der Waals surface area contributed by atoms with E-state index >= 15 is 0 Å². The first-order valence-electron chi connectivity index (χ1n) is 8.68. The highest BCUT2D eigenvalue weighted by Crippen LogP contribution is 2.41. The third-order valence-electron chi connectivity index (χ3n) is 5.06. The van der Waals surface area contributed by atoms with Gasteiger partial charge < -0.3 is 19.1 Å². The highest BCUT2D eigenvalue weighted by Gasteiger charge is 2.47. The number of fused-ring (bicyclic) bond motifs is 1. The van der Waals surface area contributed by atoms with Gasteiger partial charge in [-0.1, -0.05) is 0 Å². The van der Waals surface area contributed by atoms with Gasteiger partial charge in [-0.3, -0.25) is 4.79 Å². The highest BCUT2D eigenvalue weighted by atomic mass is 16.5. The second-order valence-corrected chi connectivity index (χ2v) is 6.54. The Morgan fingerprint density at radius 2 is 2.42 bits per heavy atom. The number of rotatable bonds is 5. The first-order valence-corrected chi connectivity index (χ1v) is 8.68. The molecule has 2 saturated heterocycles. The number of hydrogen-bond acceptors (Lipinski definition) is 5. The zero-order valence-corrected chi connectivity index (χ0v) is 14.5. The lowest BCUT2D eigenvalue weighted by molar-refractivity contribution is -0.146. The summed E-state index contributed by atoms with van der Waals surface area (Å²) in [7, 11) is 1.54. The van der Waals surface area contributed by atoms with Crippen molar-refractivity contribution in [3.63, 3.8) is 0 Å². The number of nitrogens with zero attached hydrogens (tertiary/aromatic N) is 2. The third kappa shape index (κ3) is 3.26. The van der Waals surface area contributed by atoms with Crippen LogP contribution in [0.2, 0.25) is 0 Å². The summed E-state index contributed by atoms with van der Waals surface area (Å²) in [6.45, 7) is 5.48. The number of ether oxygens (including phenoxy) is 3. The van der Waals surface area contributed by atoms with Crippen LogP contribution in [0.3, 0.4) is 0 Å². The molecule has 6 heteroatoms. The first-order chi connectivity index (χ1) is 11.7. The Morgan fingerprint density at radius 3 is 3.21 bits per heavy atom. The van der Waals surface area contributed by atoms with Crippen LogP contribution in [0, 0.1) is 5.41 Å². The van der Waals surface area contributed by atoms with Gasteiger partial charge in [0.1, 0.15) is 5.56 Å². The van der Waals surface area contributed by atoms with Crippen LogP contribution in [0.5, 0.6) is 5.88 Å². The number of methoxy groups -OCH3 is 1. The lowest BCUT2D eigenvalue weighted by Crippen LogP contribution is -2.58. The number of carbonyl (C=O) groups excluding carboxylic acids is 1. The molecule has 2 atom stereocenters. The fourth-order valence-corrected chi connectivity index (χ4v) is 3.87. The summed E-state index contributed by atoms with van der Waals surface area (Å²) in [4.78, 5) is 19.0. The monoisotopic (exact) mass is 334 g/mol. The topological polar surface area (TPSA) is 60.9 Å². The maximum Gasteiger partial charge on any atom is 0.259 e. The molecule has 0 saturated carbocycles. The summed E-state index contributed by atoms with van der Waals surface area (Å²) in [5.74, 6) is 0.350. The van der Waals surface area contributed by atoms with Crippen molar-refractivity contribution in [1.29, 1.82) is 0 Å². The third-order valence-corrected chi connectivity index (χ3v) is 5.06. The van der Waals surface area contributed by atoms with Crippen LogP contribution >= 0.6 is 0 Å². The van der Waals surface area contributed by atoms with E-state index in [0.717, 1.165) is 25.9 Å². The van der Waals surface area contributed by atoms with Crippen LogP contribution in [0.25, 0.3) is 0 Å². The SMILES string of the molecule is CCOC[C@]12CCCO[C@H]1CCN(C(=O)c1cccnc1OC)C2. The molecule has 2 fully saturated rings. The smallest absolute Gasteiger partial charge is 0.259 e. The average Bonchev–Trinajstić information content (AvgIpc) is 2.65. The quantitative estimate of drug-likeness (QED) is 0.825. The van der Waals surface area contributed by atoms with Gasteiger partial charge in [0.15, 0.2) is 0 Å². The van der Waals surface area contributed by atoms with E-state index in [1.165, 1.54) is 7.11 Å². The average molecular weight is 334 g/mol. The molecule has 0 bridgehead atoms. The normalized spacial score (nSPS) is 26.8. The maximum atomic E-state index is 13.0. The van der Waals surface area contributed by atoms with Crippen molar-refractivity contribution < 1.29 is 19.0 Å². The molecular formula is C18H26N2O4. The number of likely N-dealkylation sites (tertiary alicyclic amines) is 1. The van der Waals surface area contributed by atoms with Crippen molar-refractivity contribution in [3.8, 4) is 5.88 Å². The molecule has 0 spiro atoms. The number of piperidine rings is 1. The van der Waals surface area contributed by atoms with E-state index in [2.05, 4.69) is 4.98 Å². The van der Waals surface area contributed by atoms with Gasteiger partial charge in [-0.05, 0) is 38.3 Å². The Kier molecular flexibility index (Phi) is 5.36. The maximum absolute atomic E-state index is 13.0. The molecular weight excluding hydrogens is 308 g/mol. The van der Waals surface area contributed by atoms with Gasteiger partial charge in [-0.25, -0.2) is 4.98 Å². The fraction of sp³-hybridized carbons (Fsp3) is 0.667. The van der Waals surface area contributed by atoms with Crippen LogP contribution in [-0.4, -0.2) is 61.9 Å².